The predicted molar refractivity (Wildman–Crippen MR) is 161 cm³/mol. The topological polar surface area (TPSA) is 158 Å². The number of amides is 2. The lowest BCUT2D eigenvalue weighted by molar-refractivity contribution is -1.08. The van der Waals surface area contributed by atoms with Gasteiger partial charge in [-0.05, 0) is 35.9 Å². The summed E-state index contributed by atoms with van der Waals surface area (Å²) >= 11 is 0. The standard InChI is InChI=1S/C31H39N5O7S/c1-18-22(29(31(40)41)34-28(18)26(19(2)37)30(34)39)16-33-23-5-3-4-21-20(6-7-24(27(21)23)44(33,42)43)8-9-35-10-13-36(14-11-35,15-12-35)17-25(32)38/h3-7,18-19,22,26,28-29,37H,8-17H2,1-2H3,(H-2,32,38,40,41)/p+2/t18-,19?,22?,26-,28-,29?,35?,36?/m1/s1. The minimum Gasteiger partial charge on any atom is -0.480 e. The molecule has 13 heteroatoms. The predicted octanol–water partition coefficient (Wildman–Crippen LogP) is -0.0360. The van der Waals surface area contributed by atoms with Gasteiger partial charge in [0.2, 0.25) is 5.91 Å². The Hall–Kier alpha value is -3.26. The highest BCUT2D eigenvalue weighted by Crippen LogP contribution is 2.50. The molecule has 4 N–H and O–H groups in total. The first-order valence-electron chi connectivity index (χ1n) is 15.6. The number of β-lactam (4-membered cyclic amide) rings is 1. The van der Waals surface area contributed by atoms with Gasteiger partial charge in [0.05, 0.1) is 29.1 Å². The Morgan fingerprint density at radius 2 is 1.73 bits per heavy atom. The number of aliphatic hydroxyl groups excluding tert-OH is 1. The van der Waals surface area contributed by atoms with Crippen molar-refractivity contribution in [2.24, 2.45) is 23.5 Å². The fourth-order valence-electron chi connectivity index (χ4n) is 9.16. The first-order valence-corrected chi connectivity index (χ1v) is 17.0. The molecule has 6 aliphatic heterocycles. The number of fused-ring (bicyclic) bond motifs is 4. The first kappa shape index (κ1) is 29.5. The lowest BCUT2D eigenvalue weighted by Crippen LogP contribution is -2.76. The Kier molecular flexibility index (Phi) is 6.61. The number of aliphatic carboxylic acids is 1. The van der Waals surface area contributed by atoms with E-state index < -0.39 is 51.9 Å². The van der Waals surface area contributed by atoms with Gasteiger partial charge in [0.15, 0.2) is 6.54 Å². The summed E-state index contributed by atoms with van der Waals surface area (Å²) in [7, 11) is -3.95. The third kappa shape index (κ3) is 4.12. The number of aliphatic hydroxyl groups is 1. The smallest absolute Gasteiger partial charge is 0.326 e. The Morgan fingerprint density at radius 3 is 2.34 bits per heavy atom. The number of quaternary nitrogens is 2. The number of primary amides is 1. The maximum absolute atomic E-state index is 14.0. The van der Waals surface area contributed by atoms with Crippen LogP contribution in [0.25, 0.3) is 10.8 Å². The Morgan fingerprint density at radius 1 is 1.07 bits per heavy atom. The van der Waals surface area contributed by atoms with Crippen molar-refractivity contribution in [2.45, 2.75) is 43.4 Å². The van der Waals surface area contributed by atoms with E-state index in [0.717, 1.165) is 72.1 Å². The van der Waals surface area contributed by atoms with Crippen LogP contribution in [0.15, 0.2) is 35.2 Å². The molecule has 2 aromatic carbocycles. The fraction of sp³-hybridized carbons (Fsp3) is 0.581. The number of rotatable bonds is 9. The van der Waals surface area contributed by atoms with E-state index in [2.05, 4.69) is 0 Å². The van der Waals surface area contributed by atoms with Crippen LogP contribution in [0.3, 0.4) is 0 Å². The maximum Gasteiger partial charge on any atom is 0.326 e. The number of anilines is 1. The van der Waals surface area contributed by atoms with Crippen LogP contribution in [0.1, 0.15) is 19.4 Å². The number of carboxylic acids is 1. The fourth-order valence-corrected chi connectivity index (χ4v) is 10.9. The largest absolute Gasteiger partial charge is 0.480 e. The van der Waals surface area contributed by atoms with Gasteiger partial charge < -0.3 is 29.8 Å². The molecule has 5 saturated heterocycles. The zero-order valence-corrected chi connectivity index (χ0v) is 25.9. The third-order valence-electron chi connectivity index (χ3n) is 11.7. The van der Waals surface area contributed by atoms with Crippen molar-refractivity contribution in [3.63, 3.8) is 0 Å². The first-order chi connectivity index (χ1) is 20.8. The molecule has 2 amide bonds. The number of nitrogens with zero attached hydrogens (tertiary/aromatic N) is 4. The Labute approximate surface area is 256 Å². The molecular formula is C31H41N5O7S+2. The van der Waals surface area contributed by atoms with E-state index in [1.807, 2.05) is 25.1 Å². The highest BCUT2D eigenvalue weighted by atomic mass is 32.2. The zero-order valence-electron chi connectivity index (χ0n) is 25.1. The second kappa shape index (κ2) is 9.87. The van der Waals surface area contributed by atoms with E-state index in [4.69, 9.17) is 5.73 Å². The Bertz CT molecular complexity index is 1670. The van der Waals surface area contributed by atoms with Gasteiger partial charge in [0, 0.05) is 30.3 Å². The van der Waals surface area contributed by atoms with Crippen LogP contribution in [0.2, 0.25) is 0 Å². The van der Waals surface area contributed by atoms with E-state index in [-0.39, 0.29) is 23.3 Å². The van der Waals surface area contributed by atoms with Gasteiger partial charge >= 0.3 is 5.97 Å². The molecule has 236 valence electrons. The van der Waals surface area contributed by atoms with E-state index in [0.29, 0.717) is 17.6 Å². The minimum atomic E-state index is -3.95. The highest BCUT2D eigenvalue weighted by molar-refractivity contribution is 7.93. The average molecular weight is 628 g/mol. The number of carbonyl (C=O) groups is 3. The molecule has 0 saturated carbocycles. The Balaban J connectivity index is 1.16. The average Bonchev–Trinajstić information content (AvgIpc) is 3.34. The number of nitrogens with two attached hydrogens (primary N) is 1. The molecule has 2 bridgehead atoms. The molecule has 0 aliphatic carbocycles. The van der Waals surface area contributed by atoms with Crippen molar-refractivity contribution in [1.82, 2.24) is 4.90 Å². The SMILES string of the molecule is CC(O)[C@H]1C(=O)N2C(C(=O)O)C(CN3c4cccc5c(CC[N+]67CC[N+](CC(N)=O)(CC6)CC7)ccc(c45)S3(=O)=O)[C@@H](C)[C@H]12. The van der Waals surface area contributed by atoms with Crippen molar-refractivity contribution in [3.8, 4) is 0 Å². The van der Waals surface area contributed by atoms with E-state index >= 15 is 0 Å². The maximum atomic E-state index is 14.0. The summed E-state index contributed by atoms with van der Waals surface area (Å²) in [5, 5.41) is 21.9. The molecule has 0 spiro atoms. The minimum absolute atomic E-state index is 0.0678. The quantitative estimate of drug-likeness (QED) is 0.260. The molecule has 0 aromatic heterocycles. The number of carboxylic acid groups (broad SMARTS) is 1. The van der Waals surface area contributed by atoms with Crippen molar-refractivity contribution in [3.05, 3.63) is 35.9 Å². The van der Waals surface area contributed by atoms with Gasteiger partial charge in [-0.15, -0.1) is 0 Å². The highest BCUT2D eigenvalue weighted by Gasteiger charge is 2.65. The van der Waals surface area contributed by atoms with Crippen LogP contribution >= 0.6 is 0 Å². The van der Waals surface area contributed by atoms with Gasteiger partial charge in [-0.25, -0.2) is 13.2 Å². The summed E-state index contributed by atoms with van der Waals surface area (Å²) in [6, 6.07) is 7.60. The second-order valence-corrected chi connectivity index (χ2v) is 15.7. The third-order valence-corrected chi connectivity index (χ3v) is 13.5. The van der Waals surface area contributed by atoms with Gasteiger partial charge in [0.25, 0.3) is 15.9 Å². The lowest BCUT2D eigenvalue weighted by atomic mass is 9.77. The van der Waals surface area contributed by atoms with Crippen LogP contribution in [0, 0.1) is 17.8 Å². The second-order valence-electron chi connectivity index (χ2n) is 13.9. The van der Waals surface area contributed by atoms with Crippen molar-refractivity contribution in [2.75, 3.05) is 63.2 Å². The normalized spacial score (nSPS) is 35.5. The number of carbonyl (C=O) groups excluding carboxylic acids is 2. The summed E-state index contributed by atoms with van der Waals surface area (Å²) in [4.78, 5) is 38.5. The van der Waals surface area contributed by atoms with E-state index in [1.54, 1.807) is 12.1 Å². The molecule has 12 nitrogen and oxygen atoms in total. The van der Waals surface area contributed by atoms with E-state index in [9.17, 15) is 33.0 Å². The van der Waals surface area contributed by atoms with Crippen LogP contribution in [-0.4, -0.2) is 127 Å². The van der Waals surface area contributed by atoms with Gasteiger partial charge in [0.1, 0.15) is 45.3 Å². The summed E-state index contributed by atoms with van der Waals surface area (Å²) < 4.78 is 31.1. The summed E-state index contributed by atoms with van der Waals surface area (Å²) in [5.41, 5.74) is 7.15. The summed E-state index contributed by atoms with van der Waals surface area (Å²) in [6.07, 6.45) is -0.125. The van der Waals surface area contributed by atoms with Crippen LogP contribution in [0.5, 0.6) is 0 Å². The van der Waals surface area contributed by atoms with Crippen molar-refractivity contribution in [1.29, 1.82) is 0 Å². The van der Waals surface area contributed by atoms with Crippen LogP contribution < -0.4 is 10.0 Å². The van der Waals surface area contributed by atoms with Crippen molar-refractivity contribution < 1.29 is 42.0 Å². The summed E-state index contributed by atoms with van der Waals surface area (Å²) in [5.74, 6) is -3.43. The molecule has 6 heterocycles. The monoisotopic (exact) mass is 627 g/mol. The molecule has 0 radical (unpaired) electrons. The number of piperazine rings is 3. The molecular weight excluding hydrogens is 586 g/mol. The van der Waals surface area contributed by atoms with Crippen LogP contribution in [0.4, 0.5) is 5.69 Å². The molecule has 6 aliphatic rings. The van der Waals surface area contributed by atoms with Crippen molar-refractivity contribution >= 4 is 44.3 Å². The zero-order chi connectivity index (χ0) is 31.3. The number of sulfonamides is 1. The number of hydrogen-bond donors (Lipinski definition) is 3. The van der Waals surface area contributed by atoms with E-state index in [1.165, 1.54) is 16.1 Å². The molecule has 6 atom stereocenters. The molecule has 5 fully saturated rings. The van der Waals surface area contributed by atoms with Gasteiger partial charge in [-0.2, -0.15) is 0 Å². The molecule has 44 heavy (non-hydrogen) atoms. The van der Waals surface area contributed by atoms with Gasteiger partial charge in [-0.1, -0.05) is 25.1 Å². The molecule has 8 rings (SSSR count). The molecule has 3 unspecified atom stereocenters. The number of hydrogen-bond acceptors (Lipinski definition) is 6. The number of benzene rings is 2. The summed E-state index contributed by atoms with van der Waals surface area (Å²) in [6.45, 7) is 10.5. The molecule has 2 aromatic rings. The van der Waals surface area contributed by atoms with Crippen LogP contribution in [-0.2, 0) is 30.8 Å². The lowest BCUT2D eigenvalue weighted by Gasteiger charge is -2.55. The van der Waals surface area contributed by atoms with Gasteiger partial charge in [-0.3, -0.25) is 13.9 Å².